The van der Waals surface area contributed by atoms with Gasteiger partial charge in [0.05, 0.1) is 14.2 Å². The molecule has 0 spiro atoms. The summed E-state index contributed by atoms with van der Waals surface area (Å²) >= 11 is 0. The first-order valence-corrected chi connectivity index (χ1v) is 9.99. The summed E-state index contributed by atoms with van der Waals surface area (Å²) in [5, 5.41) is 6.58. The first kappa shape index (κ1) is 21.7. The van der Waals surface area contributed by atoms with Crippen molar-refractivity contribution in [1.82, 2.24) is 9.72 Å². The van der Waals surface area contributed by atoms with Gasteiger partial charge in [-0.2, -0.15) is 0 Å². The Hall–Kier alpha value is -4.53. The molecule has 0 saturated heterocycles. The number of hydrogen-bond acceptors (Lipinski definition) is 7. The van der Waals surface area contributed by atoms with Gasteiger partial charge in [0, 0.05) is 17.3 Å². The standard InChI is InChI=1S/C24H21N3O6/c1-30-20-12-11-16(13-21(20)31-2)23-26-33-24(29)27(23)15-22(28)25-17-7-6-10-19(14-17)32-18-8-4-3-5-9-18/h3-14H,15H2,1-2H3,(H,25,28). The van der Waals surface area contributed by atoms with Crippen LogP contribution in [0.2, 0.25) is 0 Å². The molecule has 0 aliphatic carbocycles. The van der Waals surface area contributed by atoms with Gasteiger partial charge in [0.15, 0.2) is 17.3 Å². The highest BCUT2D eigenvalue weighted by molar-refractivity contribution is 5.91. The van der Waals surface area contributed by atoms with Crippen molar-refractivity contribution in [3.8, 4) is 34.4 Å². The van der Waals surface area contributed by atoms with Gasteiger partial charge >= 0.3 is 5.76 Å². The molecular formula is C24H21N3O6. The van der Waals surface area contributed by atoms with E-state index in [1.165, 1.54) is 14.2 Å². The summed E-state index contributed by atoms with van der Waals surface area (Å²) in [6.45, 7) is -0.296. The number of aromatic nitrogens is 2. The minimum atomic E-state index is -0.754. The van der Waals surface area contributed by atoms with Crippen molar-refractivity contribution in [3.63, 3.8) is 0 Å². The molecule has 1 amide bonds. The van der Waals surface area contributed by atoms with Crippen LogP contribution in [0, 0.1) is 0 Å². The van der Waals surface area contributed by atoms with E-state index in [4.69, 9.17) is 18.7 Å². The molecule has 33 heavy (non-hydrogen) atoms. The van der Waals surface area contributed by atoms with Gasteiger partial charge in [0.1, 0.15) is 18.0 Å². The van der Waals surface area contributed by atoms with Crippen molar-refractivity contribution >= 4 is 11.6 Å². The molecule has 3 aromatic carbocycles. The maximum absolute atomic E-state index is 12.7. The number of amides is 1. The molecule has 1 aromatic heterocycles. The lowest BCUT2D eigenvalue weighted by Crippen LogP contribution is -2.25. The monoisotopic (exact) mass is 447 g/mol. The number of nitrogens with one attached hydrogen (secondary N) is 1. The van der Waals surface area contributed by atoms with Crippen LogP contribution in [0.4, 0.5) is 5.69 Å². The van der Waals surface area contributed by atoms with Crippen LogP contribution in [0.3, 0.4) is 0 Å². The summed E-state index contributed by atoms with van der Waals surface area (Å²) in [6.07, 6.45) is 0. The van der Waals surface area contributed by atoms with Gasteiger partial charge in [-0.3, -0.25) is 9.32 Å². The van der Waals surface area contributed by atoms with E-state index in [1.807, 2.05) is 30.3 Å². The Bertz CT molecular complexity index is 1310. The van der Waals surface area contributed by atoms with Crippen LogP contribution in [-0.4, -0.2) is 29.9 Å². The Kier molecular flexibility index (Phi) is 6.40. The number of ether oxygens (including phenoxy) is 3. The van der Waals surface area contributed by atoms with Gasteiger partial charge in [0.2, 0.25) is 5.91 Å². The van der Waals surface area contributed by atoms with Crippen molar-refractivity contribution in [2.24, 2.45) is 0 Å². The molecule has 168 valence electrons. The molecule has 0 unspecified atom stereocenters. The maximum Gasteiger partial charge on any atom is 0.442 e. The number of rotatable bonds is 8. The summed E-state index contributed by atoms with van der Waals surface area (Å²) in [6, 6.07) is 21.3. The number of anilines is 1. The van der Waals surface area contributed by atoms with Crippen LogP contribution < -0.4 is 25.3 Å². The molecule has 4 rings (SSSR count). The van der Waals surface area contributed by atoms with E-state index in [9.17, 15) is 9.59 Å². The molecule has 0 atom stereocenters. The number of benzene rings is 3. The zero-order valence-electron chi connectivity index (χ0n) is 18.0. The van der Waals surface area contributed by atoms with Crippen molar-refractivity contribution in [2.75, 3.05) is 19.5 Å². The second-order valence-electron chi connectivity index (χ2n) is 6.92. The van der Waals surface area contributed by atoms with Crippen LogP contribution in [-0.2, 0) is 11.3 Å². The second kappa shape index (κ2) is 9.73. The Morgan fingerprint density at radius 1 is 0.939 bits per heavy atom. The van der Waals surface area contributed by atoms with Gasteiger partial charge in [0.25, 0.3) is 0 Å². The lowest BCUT2D eigenvalue weighted by molar-refractivity contribution is -0.116. The van der Waals surface area contributed by atoms with Crippen molar-refractivity contribution in [3.05, 3.63) is 83.3 Å². The number of carbonyl (C=O) groups is 1. The fraction of sp³-hybridized carbons (Fsp3) is 0.125. The fourth-order valence-electron chi connectivity index (χ4n) is 3.20. The molecule has 0 aliphatic heterocycles. The lowest BCUT2D eigenvalue weighted by Gasteiger charge is -2.11. The summed E-state index contributed by atoms with van der Waals surface area (Å²) in [5.41, 5.74) is 1.05. The third-order valence-electron chi connectivity index (χ3n) is 4.73. The molecular weight excluding hydrogens is 426 g/mol. The van der Waals surface area contributed by atoms with Crippen molar-refractivity contribution < 1.29 is 23.5 Å². The smallest absolute Gasteiger partial charge is 0.442 e. The maximum atomic E-state index is 12.7. The van der Waals surface area contributed by atoms with Gasteiger partial charge in [-0.25, -0.2) is 9.36 Å². The normalized spacial score (nSPS) is 10.5. The lowest BCUT2D eigenvalue weighted by atomic mass is 10.2. The molecule has 0 aliphatic rings. The zero-order chi connectivity index (χ0) is 23.2. The third kappa shape index (κ3) is 5.04. The summed E-state index contributed by atoms with van der Waals surface area (Å²) in [5.74, 6) is 1.22. The minimum Gasteiger partial charge on any atom is -0.493 e. The van der Waals surface area contributed by atoms with Crippen LogP contribution in [0.5, 0.6) is 23.0 Å². The van der Waals surface area contributed by atoms with E-state index in [2.05, 4.69) is 10.5 Å². The highest BCUT2D eigenvalue weighted by Gasteiger charge is 2.18. The van der Waals surface area contributed by atoms with Crippen LogP contribution in [0.15, 0.2) is 82.1 Å². The third-order valence-corrected chi connectivity index (χ3v) is 4.73. The van der Waals surface area contributed by atoms with Gasteiger partial charge in [-0.1, -0.05) is 29.4 Å². The quantitative estimate of drug-likeness (QED) is 0.436. The largest absolute Gasteiger partial charge is 0.493 e. The summed E-state index contributed by atoms with van der Waals surface area (Å²) in [7, 11) is 3.02. The number of carbonyl (C=O) groups excluding carboxylic acids is 1. The van der Waals surface area contributed by atoms with Crippen molar-refractivity contribution in [2.45, 2.75) is 6.54 Å². The van der Waals surface area contributed by atoms with Gasteiger partial charge < -0.3 is 19.5 Å². The molecule has 0 radical (unpaired) electrons. The molecule has 1 N–H and O–H groups in total. The van der Waals surface area contributed by atoms with Crippen LogP contribution in [0.1, 0.15) is 0 Å². The first-order chi connectivity index (χ1) is 16.1. The molecule has 0 bridgehead atoms. The minimum absolute atomic E-state index is 0.192. The second-order valence-corrected chi connectivity index (χ2v) is 6.92. The fourth-order valence-corrected chi connectivity index (χ4v) is 3.20. The molecule has 9 heteroatoms. The summed E-state index contributed by atoms with van der Waals surface area (Å²) in [4.78, 5) is 24.9. The molecule has 0 saturated carbocycles. The molecule has 4 aromatic rings. The number of nitrogens with zero attached hydrogens (tertiary/aromatic N) is 2. The molecule has 0 fully saturated rings. The average Bonchev–Trinajstić information content (AvgIpc) is 3.19. The van der Waals surface area contributed by atoms with E-state index in [0.717, 1.165) is 4.57 Å². The predicted molar refractivity (Wildman–Crippen MR) is 121 cm³/mol. The number of methoxy groups -OCH3 is 2. The van der Waals surface area contributed by atoms with E-state index in [-0.39, 0.29) is 12.4 Å². The Morgan fingerprint density at radius 3 is 2.45 bits per heavy atom. The van der Waals surface area contributed by atoms with E-state index in [1.54, 1.807) is 42.5 Å². The van der Waals surface area contributed by atoms with Gasteiger partial charge in [-0.15, -0.1) is 0 Å². The van der Waals surface area contributed by atoms with E-state index < -0.39 is 11.7 Å². The first-order valence-electron chi connectivity index (χ1n) is 9.99. The Labute approximate surface area is 189 Å². The summed E-state index contributed by atoms with van der Waals surface area (Å²) < 4.78 is 22.3. The van der Waals surface area contributed by atoms with E-state index in [0.29, 0.717) is 34.2 Å². The molecule has 1 heterocycles. The van der Waals surface area contributed by atoms with Crippen LogP contribution >= 0.6 is 0 Å². The average molecular weight is 447 g/mol. The number of hydrogen-bond donors (Lipinski definition) is 1. The zero-order valence-corrected chi connectivity index (χ0v) is 18.0. The van der Waals surface area contributed by atoms with Crippen LogP contribution in [0.25, 0.3) is 11.4 Å². The highest BCUT2D eigenvalue weighted by Crippen LogP contribution is 2.31. The Morgan fingerprint density at radius 2 is 1.70 bits per heavy atom. The Balaban J connectivity index is 1.51. The topological polar surface area (TPSA) is 105 Å². The highest BCUT2D eigenvalue weighted by atomic mass is 16.5. The van der Waals surface area contributed by atoms with E-state index >= 15 is 0 Å². The molecule has 9 nitrogen and oxygen atoms in total. The van der Waals surface area contributed by atoms with Crippen molar-refractivity contribution in [1.29, 1.82) is 0 Å². The van der Waals surface area contributed by atoms with Gasteiger partial charge in [-0.05, 0) is 42.5 Å². The predicted octanol–water partition coefficient (Wildman–Crippen LogP) is 3.95. The number of para-hydroxylation sites is 1. The SMILES string of the molecule is COc1ccc(-c2noc(=O)n2CC(=O)Nc2cccc(Oc3ccccc3)c2)cc1OC.